The Morgan fingerprint density at radius 2 is 1.89 bits per heavy atom. The first-order valence-electron chi connectivity index (χ1n) is 6.39. The van der Waals surface area contributed by atoms with Gasteiger partial charge in [0.15, 0.2) is 11.5 Å². The number of hydrogen-bond acceptors (Lipinski definition) is 4. The van der Waals surface area contributed by atoms with Crippen molar-refractivity contribution in [2.75, 3.05) is 25.0 Å². The molecule has 1 aromatic rings. The summed E-state index contributed by atoms with van der Waals surface area (Å²) in [6, 6.07) is 5.49. The summed E-state index contributed by atoms with van der Waals surface area (Å²) in [6.45, 7) is 1.81. The highest BCUT2D eigenvalue weighted by Crippen LogP contribution is 2.43. The average molecular weight is 270 g/mol. The molecule has 1 aromatic carbocycles. The van der Waals surface area contributed by atoms with Crippen LogP contribution in [0.15, 0.2) is 18.2 Å². The quantitative estimate of drug-likeness (QED) is 0.893. The summed E-state index contributed by atoms with van der Waals surface area (Å²) in [6.07, 6.45) is -1.46. The molecule has 0 amide bonds. The van der Waals surface area contributed by atoms with E-state index in [-0.39, 0.29) is 11.5 Å². The van der Waals surface area contributed by atoms with Crippen molar-refractivity contribution in [3.8, 4) is 11.5 Å². The zero-order valence-corrected chi connectivity index (χ0v) is 10.7. The van der Waals surface area contributed by atoms with Crippen LogP contribution < -0.4 is 19.7 Å². The molecule has 0 radical (unpaired) electrons. The van der Waals surface area contributed by atoms with E-state index in [1.165, 1.54) is 6.07 Å². The van der Waals surface area contributed by atoms with Crippen molar-refractivity contribution >= 4 is 5.69 Å². The molecule has 2 aliphatic rings. The van der Waals surface area contributed by atoms with Crippen LogP contribution in [0.25, 0.3) is 0 Å². The lowest BCUT2D eigenvalue weighted by atomic mass is 10.0. The Morgan fingerprint density at radius 1 is 1.21 bits per heavy atom. The number of alkyl halides is 2. The summed E-state index contributed by atoms with van der Waals surface area (Å²) in [5.74, 6) is 0.206. The maximum atomic E-state index is 12.9. The van der Waals surface area contributed by atoms with Crippen LogP contribution in [0.4, 0.5) is 14.5 Å². The predicted octanol–water partition coefficient (Wildman–Crippen LogP) is 2.20. The third-order valence-electron chi connectivity index (χ3n) is 3.65. The van der Waals surface area contributed by atoms with E-state index < -0.39 is 6.29 Å². The Hall–Kier alpha value is -1.56. The second-order valence-electron chi connectivity index (χ2n) is 4.85. The fraction of sp³-hybridized carbons (Fsp3) is 0.538. The summed E-state index contributed by atoms with van der Waals surface area (Å²) < 4.78 is 34.7. The van der Waals surface area contributed by atoms with Crippen LogP contribution in [0, 0.1) is 0 Å². The minimum Gasteiger partial charge on any atom is -0.395 e. The van der Waals surface area contributed by atoms with Crippen molar-refractivity contribution in [2.45, 2.75) is 25.2 Å². The monoisotopic (exact) mass is 270 g/mol. The van der Waals surface area contributed by atoms with Crippen molar-refractivity contribution in [3.05, 3.63) is 18.2 Å². The molecule has 0 saturated carbocycles. The minimum atomic E-state index is -3.54. The van der Waals surface area contributed by atoms with Gasteiger partial charge in [0.05, 0.1) is 0 Å². The molecule has 2 aliphatic heterocycles. The van der Waals surface area contributed by atoms with Crippen LogP contribution in [-0.2, 0) is 0 Å². The van der Waals surface area contributed by atoms with Crippen molar-refractivity contribution in [1.82, 2.24) is 5.32 Å². The molecule has 19 heavy (non-hydrogen) atoms. The first kappa shape index (κ1) is 12.5. The molecule has 1 saturated heterocycles. The van der Waals surface area contributed by atoms with E-state index in [2.05, 4.69) is 19.7 Å². The number of halogens is 2. The van der Waals surface area contributed by atoms with E-state index in [1.807, 2.05) is 7.05 Å². The molecule has 2 heterocycles. The Bertz CT molecular complexity index is 474. The maximum Gasteiger partial charge on any atom is 0.586 e. The van der Waals surface area contributed by atoms with Crippen LogP contribution >= 0.6 is 0 Å². The van der Waals surface area contributed by atoms with Crippen molar-refractivity contribution < 1.29 is 18.3 Å². The number of fused-ring (bicyclic) bond motifs is 1. The lowest BCUT2D eigenvalue weighted by Gasteiger charge is -2.33. The summed E-state index contributed by atoms with van der Waals surface area (Å²) in [7, 11) is 1.96. The largest absolute Gasteiger partial charge is 0.586 e. The number of anilines is 1. The molecule has 0 aromatic heterocycles. The second kappa shape index (κ2) is 4.52. The second-order valence-corrected chi connectivity index (χ2v) is 4.85. The lowest BCUT2D eigenvalue weighted by Crippen LogP contribution is -2.41. The number of ether oxygens (including phenoxy) is 2. The fourth-order valence-electron chi connectivity index (χ4n) is 2.56. The zero-order valence-electron chi connectivity index (χ0n) is 10.7. The van der Waals surface area contributed by atoms with E-state index >= 15 is 0 Å². The van der Waals surface area contributed by atoms with Gasteiger partial charge in [-0.25, -0.2) is 0 Å². The molecular weight excluding hydrogens is 254 g/mol. The van der Waals surface area contributed by atoms with E-state index in [0.717, 1.165) is 31.6 Å². The van der Waals surface area contributed by atoms with Crippen LogP contribution in [-0.4, -0.2) is 32.5 Å². The van der Waals surface area contributed by atoms with Gasteiger partial charge in [0.1, 0.15) is 0 Å². The SMILES string of the molecule is CNC1CCN(c2ccc3c(c2)OC(F)(F)O3)CC1. The van der Waals surface area contributed by atoms with E-state index in [9.17, 15) is 8.78 Å². The van der Waals surface area contributed by atoms with E-state index in [4.69, 9.17) is 0 Å². The number of nitrogens with one attached hydrogen (secondary N) is 1. The van der Waals surface area contributed by atoms with Crippen molar-refractivity contribution in [1.29, 1.82) is 0 Å². The molecule has 0 aliphatic carbocycles. The molecule has 0 atom stereocenters. The summed E-state index contributed by atoms with van der Waals surface area (Å²) in [5.41, 5.74) is 0.898. The van der Waals surface area contributed by atoms with Crippen LogP contribution in [0.1, 0.15) is 12.8 Å². The lowest BCUT2D eigenvalue weighted by molar-refractivity contribution is -0.286. The predicted molar refractivity (Wildman–Crippen MR) is 66.9 cm³/mol. The molecule has 3 rings (SSSR count). The average Bonchev–Trinajstić information content (AvgIpc) is 2.71. The number of piperidine rings is 1. The Balaban J connectivity index is 1.74. The molecule has 0 spiro atoms. The molecule has 0 bridgehead atoms. The van der Waals surface area contributed by atoms with Crippen LogP contribution in [0.5, 0.6) is 11.5 Å². The van der Waals surface area contributed by atoms with Gasteiger partial charge in [-0.1, -0.05) is 0 Å². The molecule has 4 nitrogen and oxygen atoms in total. The van der Waals surface area contributed by atoms with Gasteiger partial charge < -0.3 is 19.7 Å². The number of rotatable bonds is 2. The maximum absolute atomic E-state index is 12.9. The third-order valence-corrected chi connectivity index (χ3v) is 3.65. The van der Waals surface area contributed by atoms with Gasteiger partial charge in [-0.15, -0.1) is 8.78 Å². The Morgan fingerprint density at radius 3 is 2.58 bits per heavy atom. The van der Waals surface area contributed by atoms with Crippen LogP contribution in [0.2, 0.25) is 0 Å². The fourth-order valence-corrected chi connectivity index (χ4v) is 2.56. The third kappa shape index (κ3) is 2.45. The van der Waals surface area contributed by atoms with Gasteiger partial charge in [-0.05, 0) is 32.0 Å². The van der Waals surface area contributed by atoms with Gasteiger partial charge in [-0.2, -0.15) is 0 Å². The molecule has 104 valence electrons. The number of nitrogens with zero attached hydrogens (tertiary/aromatic N) is 1. The first-order chi connectivity index (χ1) is 9.07. The topological polar surface area (TPSA) is 33.7 Å². The van der Waals surface area contributed by atoms with Crippen molar-refractivity contribution in [2.24, 2.45) is 0 Å². The molecule has 0 unspecified atom stereocenters. The highest BCUT2D eigenvalue weighted by atomic mass is 19.3. The first-order valence-corrected chi connectivity index (χ1v) is 6.39. The molecular formula is C13H16F2N2O2. The van der Waals surface area contributed by atoms with Gasteiger partial charge in [-0.3, -0.25) is 0 Å². The van der Waals surface area contributed by atoms with Gasteiger partial charge in [0, 0.05) is 30.9 Å². The summed E-state index contributed by atoms with van der Waals surface area (Å²) >= 11 is 0. The normalized spacial score (nSPS) is 21.7. The number of hydrogen-bond donors (Lipinski definition) is 1. The van der Waals surface area contributed by atoms with Crippen LogP contribution in [0.3, 0.4) is 0 Å². The highest BCUT2D eigenvalue weighted by Gasteiger charge is 2.43. The molecule has 6 heteroatoms. The minimum absolute atomic E-state index is 0.0962. The highest BCUT2D eigenvalue weighted by molar-refractivity contribution is 5.57. The van der Waals surface area contributed by atoms with E-state index in [0.29, 0.717) is 6.04 Å². The Kier molecular flexibility index (Phi) is 2.97. The van der Waals surface area contributed by atoms with Crippen molar-refractivity contribution in [3.63, 3.8) is 0 Å². The van der Waals surface area contributed by atoms with Gasteiger partial charge in [0.25, 0.3) is 0 Å². The zero-order chi connectivity index (χ0) is 13.5. The van der Waals surface area contributed by atoms with Gasteiger partial charge in [0.2, 0.25) is 0 Å². The summed E-state index contributed by atoms with van der Waals surface area (Å²) in [4.78, 5) is 2.17. The molecule has 1 fully saturated rings. The smallest absolute Gasteiger partial charge is 0.395 e. The standard InChI is InChI=1S/C13H16F2N2O2/c1-16-9-4-6-17(7-5-9)10-2-3-11-12(8-10)19-13(14,15)18-11/h2-3,8-9,16H,4-7H2,1H3. The van der Waals surface area contributed by atoms with E-state index in [1.54, 1.807) is 12.1 Å². The Labute approximate surface area is 110 Å². The summed E-state index contributed by atoms with van der Waals surface area (Å²) in [5, 5.41) is 3.26. The molecule has 1 N–H and O–H groups in total. The van der Waals surface area contributed by atoms with Gasteiger partial charge >= 0.3 is 6.29 Å². The number of benzene rings is 1.